The summed E-state index contributed by atoms with van der Waals surface area (Å²) < 4.78 is 0. The van der Waals surface area contributed by atoms with E-state index in [1.807, 2.05) is 62.9 Å². The molecule has 0 amide bonds. The smallest absolute Gasteiger partial charge is 0.194 e. The summed E-state index contributed by atoms with van der Waals surface area (Å²) in [6.45, 7) is 10.0. The van der Waals surface area contributed by atoms with Crippen LogP contribution in [-0.4, -0.2) is 27.4 Å². The van der Waals surface area contributed by atoms with Crippen LogP contribution in [0.4, 0.5) is 0 Å². The third kappa shape index (κ3) is 5.00. The van der Waals surface area contributed by atoms with E-state index >= 15 is 0 Å². The molecule has 0 radical (unpaired) electrons. The molecule has 3 nitrogen and oxygen atoms in total. The molecule has 0 atom stereocenters. The molecule has 1 rings (SSSR count). The molecule has 4 heteroatoms. The number of benzene rings is 1. The van der Waals surface area contributed by atoms with Crippen molar-refractivity contribution in [3.63, 3.8) is 0 Å². The SMILES string of the molecule is CC(=O)C(=NC(C)C)N(Cc1ccccc1)C(C)(C)S. The van der Waals surface area contributed by atoms with Crippen molar-refractivity contribution in [3.8, 4) is 0 Å². The van der Waals surface area contributed by atoms with Crippen molar-refractivity contribution >= 4 is 24.2 Å². The Balaban J connectivity index is 3.15. The highest BCUT2D eigenvalue weighted by atomic mass is 32.1. The fourth-order valence-electron chi connectivity index (χ4n) is 1.89. The zero-order valence-electron chi connectivity index (χ0n) is 12.9. The number of aliphatic imine (C=N–C) groups is 1. The van der Waals surface area contributed by atoms with Gasteiger partial charge in [0.05, 0.1) is 4.87 Å². The molecule has 110 valence electrons. The van der Waals surface area contributed by atoms with Crippen LogP contribution in [0.2, 0.25) is 0 Å². The number of carbonyl (C=O) groups excluding carboxylic acids is 1. The summed E-state index contributed by atoms with van der Waals surface area (Å²) in [5.74, 6) is 0.459. The van der Waals surface area contributed by atoms with Gasteiger partial charge in [-0.2, -0.15) is 12.6 Å². The van der Waals surface area contributed by atoms with Crippen LogP contribution >= 0.6 is 12.6 Å². The number of hydrogen-bond acceptors (Lipinski definition) is 3. The van der Waals surface area contributed by atoms with E-state index in [0.29, 0.717) is 12.4 Å². The Labute approximate surface area is 127 Å². The summed E-state index contributed by atoms with van der Waals surface area (Å²) in [6, 6.07) is 10.1. The number of nitrogens with zero attached hydrogens (tertiary/aromatic N) is 2. The Morgan fingerprint density at radius 3 is 2.25 bits per heavy atom. The second-order valence-electron chi connectivity index (χ2n) is 5.67. The minimum Gasteiger partial charge on any atom is -0.336 e. The molecule has 0 saturated carbocycles. The molecule has 0 saturated heterocycles. The number of hydrogen-bond donors (Lipinski definition) is 1. The van der Waals surface area contributed by atoms with E-state index in [1.165, 1.54) is 0 Å². The standard InChI is InChI=1S/C16H24N2OS/c1-12(2)17-15(13(3)19)18(16(4,5)20)11-14-9-7-6-8-10-14/h6-10,12,20H,11H2,1-5H3. The number of amidine groups is 1. The van der Waals surface area contributed by atoms with Crippen molar-refractivity contribution in [2.24, 2.45) is 4.99 Å². The Morgan fingerprint density at radius 2 is 1.85 bits per heavy atom. The van der Waals surface area contributed by atoms with E-state index in [1.54, 1.807) is 6.92 Å². The van der Waals surface area contributed by atoms with Gasteiger partial charge in [0.1, 0.15) is 0 Å². The molecule has 0 aliphatic rings. The molecule has 0 aliphatic heterocycles. The first-order valence-corrected chi connectivity index (χ1v) is 7.29. The fraction of sp³-hybridized carbons (Fsp3) is 0.500. The zero-order chi connectivity index (χ0) is 15.3. The van der Waals surface area contributed by atoms with Gasteiger partial charge in [-0.15, -0.1) is 0 Å². The third-order valence-corrected chi connectivity index (χ3v) is 3.04. The van der Waals surface area contributed by atoms with E-state index in [2.05, 4.69) is 17.6 Å². The average molecular weight is 292 g/mol. The number of thiol groups is 1. The number of carbonyl (C=O) groups is 1. The summed E-state index contributed by atoms with van der Waals surface area (Å²) in [4.78, 5) is 17.9. The molecule has 0 fully saturated rings. The predicted molar refractivity (Wildman–Crippen MR) is 88.3 cm³/mol. The lowest BCUT2D eigenvalue weighted by molar-refractivity contribution is -0.112. The van der Waals surface area contributed by atoms with Crippen LogP contribution in [-0.2, 0) is 11.3 Å². The Morgan fingerprint density at radius 1 is 1.30 bits per heavy atom. The largest absolute Gasteiger partial charge is 0.336 e. The molecule has 0 unspecified atom stereocenters. The van der Waals surface area contributed by atoms with E-state index in [9.17, 15) is 4.79 Å². The van der Waals surface area contributed by atoms with Gasteiger partial charge in [0, 0.05) is 19.5 Å². The van der Waals surface area contributed by atoms with Crippen molar-refractivity contribution in [2.75, 3.05) is 0 Å². The van der Waals surface area contributed by atoms with Gasteiger partial charge >= 0.3 is 0 Å². The summed E-state index contributed by atoms with van der Waals surface area (Å²) in [6.07, 6.45) is 0. The number of rotatable bonds is 5. The first kappa shape index (κ1) is 16.8. The van der Waals surface area contributed by atoms with E-state index < -0.39 is 4.87 Å². The molecule has 1 aromatic carbocycles. The minimum absolute atomic E-state index is 0.0308. The molecule has 0 N–H and O–H groups in total. The van der Waals surface area contributed by atoms with Crippen molar-refractivity contribution < 1.29 is 4.79 Å². The van der Waals surface area contributed by atoms with Gasteiger partial charge in [0.15, 0.2) is 11.6 Å². The maximum Gasteiger partial charge on any atom is 0.194 e. The van der Waals surface area contributed by atoms with Gasteiger partial charge in [-0.3, -0.25) is 9.79 Å². The van der Waals surface area contributed by atoms with Gasteiger partial charge in [-0.1, -0.05) is 30.3 Å². The highest BCUT2D eigenvalue weighted by Crippen LogP contribution is 2.23. The van der Waals surface area contributed by atoms with Crippen LogP contribution in [0.25, 0.3) is 0 Å². The van der Waals surface area contributed by atoms with E-state index in [0.717, 1.165) is 5.56 Å². The van der Waals surface area contributed by atoms with Gasteiger partial charge in [0.25, 0.3) is 0 Å². The molecule has 0 spiro atoms. The molecule has 0 heterocycles. The highest BCUT2D eigenvalue weighted by molar-refractivity contribution is 7.81. The van der Waals surface area contributed by atoms with Crippen molar-refractivity contribution in [3.05, 3.63) is 35.9 Å². The normalized spacial score (nSPS) is 12.7. The van der Waals surface area contributed by atoms with Gasteiger partial charge in [-0.25, -0.2) is 0 Å². The monoisotopic (exact) mass is 292 g/mol. The van der Waals surface area contributed by atoms with Gasteiger partial charge in [-0.05, 0) is 33.3 Å². The quantitative estimate of drug-likeness (QED) is 0.389. The molecular weight excluding hydrogens is 268 g/mol. The predicted octanol–water partition coefficient (Wildman–Crippen LogP) is 3.55. The lowest BCUT2D eigenvalue weighted by atomic mass is 10.1. The van der Waals surface area contributed by atoms with Gasteiger partial charge < -0.3 is 4.90 Å². The first-order chi connectivity index (χ1) is 9.21. The van der Waals surface area contributed by atoms with E-state index in [4.69, 9.17) is 0 Å². The highest BCUT2D eigenvalue weighted by Gasteiger charge is 2.28. The summed E-state index contributed by atoms with van der Waals surface area (Å²) in [5, 5.41) is 0. The summed E-state index contributed by atoms with van der Waals surface area (Å²) >= 11 is 4.63. The van der Waals surface area contributed by atoms with Gasteiger partial charge in [0.2, 0.25) is 0 Å². The third-order valence-electron chi connectivity index (χ3n) is 2.80. The van der Waals surface area contributed by atoms with Crippen LogP contribution in [0, 0.1) is 0 Å². The summed E-state index contributed by atoms with van der Waals surface area (Å²) in [5.41, 5.74) is 1.13. The van der Waals surface area contributed by atoms with Crippen molar-refractivity contribution in [1.82, 2.24) is 4.90 Å². The molecule has 0 aliphatic carbocycles. The van der Waals surface area contributed by atoms with Crippen LogP contribution in [0.5, 0.6) is 0 Å². The molecule has 1 aromatic rings. The first-order valence-electron chi connectivity index (χ1n) is 6.84. The average Bonchev–Trinajstić information content (AvgIpc) is 2.33. The minimum atomic E-state index is -0.463. The van der Waals surface area contributed by atoms with E-state index in [-0.39, 0.29) is 11.8 Å². The second kappa shape index (κ2) is 6.93. The Bertz CT molecular complexity index is 475. The molecule has 20 heavy (non-hydrogen) atoms. The Hall–Kier alpha value is -1.29. The van der Waals surface area contributed by atoms with Crippen LogP contribution in [0.15, 0.2) is 35.3 Å². The maximum absolute atomic E-state index is 12.0. The number of Topliss-reactive ketones (excluding diaryl/α,β-unsaturated/α-hetero) is 1. The Kier molecular flexibility index (Phi) is 5.81. The fourth-order valence-corrected chi connectivity index (χ4v) is 2.05. The lowest BCUT2D eigenvalue weighted by Gasteiger charge is -2.37. The molecule has 0 aromatic heterocycles. The zero-order valence-corrected chi connectivity index (χ0v) is 13.8. The lowest BCUT2D eigenvalue weighted by Crippen LogP contribution is -2.46. The van der Waals surface area contributed by atoms with Crippen molar-refractivity contribution in [1.29, 1.82) is 0 Å². The second-order valence-corrected chi connectivity index (χ2v) is 6.76. The number of ketones is 1. The molecule has 0 bridgehead atoms. The molecular formula is C16H24N2OS. The maximum atomic E-state index is 12.0. The topological polar surface area (TPSA) is 32.7 Å². The van der Waals surface area contributed by atoms with Crippen LogP contribution in [0.3, 0.4) is 0 Å². The van der Waals surface area contributed by atoms with Crippen LogP contribution in [0.1, 0.15) is 40.2 Å². The van der Waals surface area contributed by atoms with Crippen molar-refractivity contribution in [2.45, 2.75) is 52.1 Å². The van der Waals surface area contributed by atoms with Crippen LogP contribution < -0.4 is 0 Å². The summed E-state index contributed by atoms with van der Waals surface area (Å²) in [7, 11) is 0.